The van der Waals surface area contributed by atoms with E-state index in [-0.39, 0.29) is 5.91 Å². The first-order chi connectivity index (χ1) is 15.4. The van der Waals surface area contributed by atoms with Crippen LogP contribution in [0.4, 0.5) is 5.69 Å². The van der Waals surface area contributed by atoms with Crippen molar-refractivity contribution in [1.82, 2.24) is 4.98 Å². The minimum absolute atomic E-state index is 0.204. The summed E-state index contributed by atoms with van der Waals surface area (Å²) in [5, 5.41) is 4.94. The van der Waals surface area contributed by atoms with E-state index >= 15 is 0 Å². The number of carbonyl (C=O) groups excluding carboxylic acids is 1. The molecule has 1 unspecified atom stereocenters. The van der Waals surface area contributed by atoms with E-state index in [2.05, 4.69) is 37.1 Å². The molecule has 4 nitrogen and oxygen atoms in total. The Balaban J connectivity index is 1.51. The van der Waals surface area contributed by atoms with Crippen LogP contribution in [0.15, 0.2) is 79.1 Å². The minimum Gasteiger partial charge on any atom is -0.470 e. The first-order valence-electron chi connectivity index (χ1n) is 10.6. The van der Waals surface area contributed by atoms with Crippen LogP contribution in [0.5, 0.6) is 5.75 Å². The van der Waals surface area contributed by atoms with E-state index in [4.69, 9.17) is 16.3 Å². The number of fused-ring (bicyclic) bond motifs is 1. The zero-order chi connectivity index (χ0) is 22.7. The van der Waals surface area contributed by atoms with Crippen molar-refractivity contribution in [2.24, 2.45) is 0 Å². The highest BCUT2D eigenvalue weighted by Crippen LogP contribution is 2.31. The van der Waals surface area contributed by atoms with Crippen molar-refractivity contribution in [3.63, 3.8) is 0 Å². The van der Waals surface area contributed by atoms with E-state index < -0.39 is 5.56 Å². The van der Waals surface area contributed by atoms with Gasteiger partial charge >= 0.3 is 0 Å². The Morgan fingerprint density at radius 3 is 2.56 bits per heavy atom. The van der Waals surface area contributed by atoms with Gasteiger partial charge in [-0.25, -0.2) is 0 Å². The fourth-order valence-corrected chi connectivity index (χ4v) is 4.10. The summed E-state index contributed by atoms with van der Waals surface area (Å²) >= 11 is 6.58. The van der Waals surface area contributed by atoms with E-state index in [1.54, 1.807) is 36.7 Å². The van der Waals surface area contributed by atoms with Crippen molar-refractivity contribution in [3.05, 3.63) is 101 Å². The molecule has 32 heavy (non-hydrogen) atoms. The molecule has 0 saturated carbocycles. The Hall–Kier alpha value is -3.37. The molecule has 0 fully saturated rings. The number of hydrogen-bond acceptors (Lipinski definition) is 3. The molecule has 3 aromatic carbocycles. The van der Waals surface area contributed by atoms with Crippen molar-refractivity contribution in [2.45, 2.75) is 32.3 Å². The van der Waals surface area contributed by atoms with Gasteiger partial charge in [0.25, 0.3) is 5.91 Å². The number of aryl methyl sites for hydroxylation is 1. The average Bonchev–Trinajstić information content (AvgIpc) is 2.78. The van der Waals surface area contributed by atoms with Crippen LogP contribution >= 0.6 is 11.6 Å². The van der Waals surface area contributed by atoms with Gasteiger partial charge in [-0.15, -0.1) is 0 Å². The largest absolute Gasteiger partial charge is 0.470 e. The fraction of sp³-hybridized carbons (Fsp3) is 0.185. The Kier molecular flexibility index (Phi) is 6.42. The lowest BCUT2D eigenvalue weighted by Crippen LogP contribution is -2.12. The second-order valence-corrected chi connectivity index (χ2v) is 8.49. The molecule has 1 aromatic heterocycles. The van der Waals surface area contributed by atoms with E-state index in [9.17, 15) is 4.79 Å². The number of nitrogens with one attached hydrogen (secondary N) is 1. The van der Waals surface area contributed by atoms with Crippen molar-refractivity contribution in [3.8, 4) is 5.75 Å². The molecule has 1 amide bonds. The SMILES string of the molecule is Cc1cc(NC(=O)c2cccc(OC(Cl)c3cncc4ccccc34)c2)ccc1C(C)C. The second kappa shape index (κ2) is 9.41. The van der Waals surface area contributed by atoms with Gasteiger partial charge < -0.3 is 10.1 Å². The maximum Gasteiger partial charge on any atom is 0.255 e. The molecule has 4 aromatic rings. The molecule has 1 heterocycles. The number of alkyl halides is 1. The van der Waals surface area contributed by atoms with Gasteiger partial charge in [-0.05, 0) is 59.7 Å². The number of pyridine rings is 1. The maximum atomic E-state index is 12.8. The number of hydrogen-bond donors (Lipinski definition) is 1. The quantitative estimate of drug-likeness (QED) is 0.319. The summed E-state index contributed by atoms with van der Waals surface area (Å²) in [5.74, 6) is 0.746. The molecule has 0 aliphatic heterocycles. The number of nitrogens with zero attached hydrogens (tertiary/aromatic N) is 1. The standard InChI is InChI=1S/C27H25ClN2O2/c1-17(2)23-12-11-21(13-18(23)3)30-27(31)19-8-6-9-22(14-19)32-26(28)25-16-29-15-20-7-4-5-10-24(20)25/h4-17,26H,1-3H3,(H,30,31). The zero-order valence-electron chi connectivity index (χ0n) is 18.3. The van der Waals surface area contributed by atoms with Gasteiger partial charge in [-0.1, -0.05) is 61.8 Å². The van der Waals surface area contributed by atoms with Gasteiger partial charge in [0.2, 0.25) is 0 Å². The second-order valence-electron chi connectivity index (χ2n) is 8.09. The summed E-state index contributed by atoms with van der Waals surface area (Å²) in [6.45, 7) is 6.37. The Morgan fingerprint density at radius 1 is 0.969 bits per heavy atom. The Labute approximate surface area is 193 Å². The number of aromatic nitrogens is 1. The van der Waals surface area contributed by atoms with Crippen LogP contribution < -0.4 is 10.1 Å². The van der Waals surface area contributed by atoms with Crippen molar-refractivity contribution >= 4 is 34.0 Å². The highest BCUT2D eigenvalue weighted by Gasteiger charge is 2.15. The van der Waals surface area contributed by atoms with Crippen molar-refractivity contribution in [1.29, 1.82) is 0 Å². The lowest BCUT2D eigenvalue weighted by molar-refractivity contribution is 0.102. The molecule has 0 bridgehead atoms. The Bertz CT molecular complexity index is 1260. The molecule has 1 N–H and O–H groups in total. The number of anilines is 1. The Morgan fingerprint density at radius 2 is 1.78 bits per heavy atom. The van der Waals surface area contributed by atoms with Crippen LogP contribution in [0.25, 0.3) is 10.8 Å². The molecule has 0 saturated heterocycles. The molecule has 0 radical (unpaired) electrons. The third-order valence-electron chi connectivity index (χ3n) is 5.43. The third-order valence-corrected chi connectivity index (χ3v) is 5.75. The molecule has 1 atom stereocenters. The summed E-state index contributed by atoms with van der Waals surface area (Å²) in [6, 6.07) is 20.9. The van der Waals surface area contributed by atoms with Crippen LogP contribution in [0.1, 0.15) is 52.4 Å². The molecular formula is C27H25ClN2O2. The fourth-order valence-electron chi connectivity index (χ4n) is 3.82. The molecule has 5 heteroatoms. The minimum atomic E-state index is -0.738. The predicted octanol–water partition coefficient (Wildman–Crippen LogP) is 7.24. The number of ether oxygens (including phenoxy) is 1. The highest BCUT2D eigenvalue weighted by molar-refractivity contribution is 6.21. The van der Waals surface area contributed by atoms with Gasteiger partial charge in [-0.2, -0.15) is 0 Å². The van der Waals surface area contributed by atoms with Crippen LogP contribution in [0.2, 0.25) is 0 Å². The van der Waals surface area contributed by atoms with Gasteiger partial charge in [0, 0.05) is 34.6 Å². The maximum absolute atomic E-state index is 12.8. The predicted molar refractivity (Wildman–Crippen MR) is 131 cm³/mol. The van der Waals surface area contributed by atoms with Gasteiger partial charge in [-0.3, -0.25) is 9.78 Å². The summed E-state index contributed by atoms with van der Waals surface area (Å²) in [6.07, 6.45) is 3.50. The van der Waals surface area contributed by atoms with E-state index in [0.29, 0.717) is 17.2 Å². The van der Waals surface area contributed by atoms with E-state index in [0.717, 1.165) is 27.6 Å². The average molecular weight is 445 g/mol. The van der Waals surface area contributed by atoms with Crippen LogP contribution in [-0.2, 0) is 0 Å². The normalized spacial score (nSPS) is 12.0. The monoisotopic (exact) mass is 444 g/mol. The molecule has 162 valence electrons. The van der Waals surface area contributed by atoms with Gasteiger partial charge in [0.05, 0.1) is 0 Å². The van der Waals surface area contributed by atoms with Crippen molar-refractivity contribution in [2.75, 3.05) is 5.32 Å². The first kappa shape index (κ1) is 21.8. The molecule has 4 rings (SSSR count). The summed E-state index contributed by atoms with van der Waals surface area (Å²) in [4.78, 5) is 17.1. The van der Waals surface area contributed by atoms with Gasteiger partial charge in [0.15, 0.2) is 5.56 Å². The topological polar surface area (TPSA) is 51.2 Å². The summed E-state index contributed by atoms with van der Waals surface area (Å²) < 4.78 is 5.96. The number of amides is 1. The third kappa shape index (κ3) is 4.76. The van der Waals surface area contributed by atoms with Crippen molar-refractivity contribution < 1.29 is 9.53 Å². The summed E-state index contributed by atoms with van der Waals surface area (Å²) in [5.41, 5.74) is 3.73. The van der Waals surface area contributed by atoms with E-state index in [1.807, 2.05) is 36.4 Å². The number of halogens is 1. The number of benzene rings is 3. The zero-order valence-corrected chi connectivity index (χ0v) is 19.1. The number of carbonyl (C=O) groups is 1. The van der Waals surface area contributed by atoms with E-state index in [1.165, 1.54) is 5.56 Å². The molecule has 0 spiro atoms. The van der Waals surface area contributed by atoms with Crippen LogP contribution in [-0.4, -0.2) is 10.9 Å². The molecular weight excluding hydrogens is 420 g/mol. The van der Waals surface area contributed by atoms with Gasteiger partial charge in [0.1, 0.15) is 5.75 Å². The highest BCUT2D eigenvalue weighted by atomic mass is 35.5. The first-order valence-corrected chi connectivity index (χ1v) is 11.0. The lowest BCUT2D eigenvalue weighted by Gasteiger charge is -2.16. The molecule has 0 aliphatic rings. The lowest BCUT2D eigenvalue weighted by atomic mass is 9.97. The smallest absolute Gasteiger partial charge is 0.255 e. The molecule has 0 aliphatic carbocycles. The van der Waals surface area contributed by atoms with Crippen LogP contribution in [0, 0.1) is 6.92 Å². The number of rotatable bonds is 6. The van der Waals surface area contributed by atoms with Crippen LogP contribution in [0.3, 0.4) is 0 Å². The summed E-state index contributed by atoms with van der Waals surface area (Å²) in [7, 11) is 0.